The van der Waals surface area contributed by atoms with Gasteiger partial charge in [-0.2, -0.15) is 0 Å². The lowest BCUT2D eigenvalue weighted by molar-refractivity contribution is 0.0893. The number of amides is 2. The minimum atomic E-state index is -1.17. The van der Waals surface area contributed by atoms with E-state index >= 15 is 0 Å². The number of fused-ring (bicyclic) bond motifs is 1. The third-order valence-corrected chi connectivity index (χ3v) is 6.24. The predicted octanol–water partition coefficient (Wildman–Crippen LogP) is 3.26. The van der Waals surface area contributed by atoms with E-state index in [1.807, 2.05) is 19.1 Å². The van der Waals surface area contributed by atoms with Crippen LogP contribution in [0.3, 0.4) is 0 Å². The van der Waals surface area contributed by atoms with Crippen molar-refractivity contribution < 1.29 is 14.7 Å². The average Bonchev–Trinajstić information content (AvgIpc) is 2.99. The number of carbonyl (C=O) groups is 2. The van der Waals surface area contributed by atoms with Crippen molar-refractivity contribution in [3.05, 3.63) is 75.2 Å². The number of aliphatic hydroxyl groups is 1. The van der Waals surface area contributed by atoms with Crippen LogP contribution in [0.15, 0.2) is 47.3 Å². The highest BCUT2D eigenvalue weighted by molar-refractivity contribution is 6.36. The first-order valence-corrected chi connectivity index (χ1v) is 10.9. The van der Waals surface area contributed by atoms with E-state index in [0.717, 1.165) is 5.52 Å². The van der Waals surface area contributed by atoms with Crippen LogP contribution < -0.4 is 10.6 Å². The van der Waals surface area contributed by atoms with Crippen LogP contribution in [0.25, 0.3) is 21.8 Å². The van der Waals surface area contributed by atoms with Crippen molar-refractivity contribution in [1.82, 2.24) is 9.13 Å². The number of carbonyl (C=O) groups excluding carboxylic acids is 2. The van der Waals surface area contributed by atoms with Crippen molar-refractivity contribution in [1.29, 1.82) is 0 Å². The molecule has 170 valence electrons. The highest BCUT2D eigenvalue weighted by atomic mass is 16.3. The van der Waals surface area contributed by atoms with Gasteiger partial charge in [-0.25, -0.2) is 9.69 Å². The molecule has 5 rings (SSSR count). The van der Waals surface area contributed by atoms with Crippen LogP contribution in [0.1, 0.15) is 45.7 Å². The lowest BCUT2D eigenvalue weighted by atomic mass is 9.90. The molecule has 0 atom stereocenters. The summed E-state index contributed by atoms with van der Waals surface area (Å²) in [5.74, 6) is 4.91. The molecule has 7 nitrogen and oxygen atoms in total. The van der Waals surface area contributed by atoms with Gasteiger partial charge >= 0.3 is 5.69 Å². The quantitative estimate of drug-likeness (QED) is 0.354. The summed E-state index contributed by atoms with van der Waals surface area (Å²) >= 11 is 0. The van der Waals surface area contributed by atoms with Crippen molar-refractivity contribution in [2.75, 3.05) is 4.90 Å². The molecule has 3 aromatic carbocycles. The van der Waals surface area contributed by atoms with Crippen LogP contribution in [0, 0.1) is 18.8 Å². The second kappa shape index (κ2) is 7.17. The zero-order valence-electron chi connectivity index (χ0n) is 19.6. The molecule has 0 unspecified atom stereocenters. The first-order chi connectivity index (χ1) is 16.0. The molecule has 0 saturated heterocycles. The monoisotopic (exact) mass is 453 g/mol. The smallest absolute Gasteiger partial charge is 0.328 e. The highest BCUT2D eigenvalue weighted by Gasteiger charge is 2.35. The summed E-state index contributed by atoms with van der Waals surface area (Å²) < 4.78 is 3.04. The zero-order valence-corrected chi connectivity index (χ0v) is 19.6. The molecule has 2 amide bonds. The Morgan fingerprint density at radius 3 is 2.15 bits per heavy atom. The Morgan fingerprint density at radius 1 is 0.882 bits per heavy atom. The topological polar surface area (TPSA) is 84.5 Å². The van der Waals surface area contributed by atoms with Gasteiger partial charge in [-0.05, 0) is 62.1 Å². The first kappa shape index (κ1) is 21.7. The maximum Gasteiger partial charge on any atom is 0.328 e. The van der Waals surface area contributed by atoms with Crippen LogP contribution >= 0.6 is 0 Å². The van der Waals surface area contributed by atoms with Crippen molar-refractivity contribution in [2.24, 2.45) is 14.1 Å². The van der Waals surface area contributed by atoms with E-state index in [-0.39, 0.29) is 5.69 Å². The van der Waals surface area contributed by atoms with Crippen LogP contribution in [0.5, 0.6) is 0 Å². The summed E-state index contributed by atoms with van der Waals surface area (Å²) in [6, 6.07) is 12.2. The summed E-state index contributed by atoms with van der Waals surface area (Å²) in [5.41, 5.74) is 2.59. The Kier molecular flexibility index (Phi) is 4.57. The van der Waals surface area contributed by atoms with Gasteiger partial charge in [-0.3, -0.25) is 18.7 Å². The lowest BCUT2D eigenvalue weighted by Crippen LogP contribution is -2.41. The normalized spacial score (nSPS) is 13.5. The largest absolute Gasteiger partial charge is 0.378 e. The molecule has 1 N–H and O–H groups in total. The number of hydrogen-bond donors (Lipinski definition) is 1. The molecule has 2 heterocycles. The van der Waals surface area contributed by atoms with Crippen molar-refractivity contribution >= 4 is 39.3 Å². The van der Waals surface area contributed by atoms with Gasteiger partial charge in [0, 0.05) is 36.2 Å². The second-order valence-electron chi connectivity index (χ2n) is 9.17. The molecule has 1 aliphatic heterocycles. The summed E-state index contributed by atoms with van der Waals surface area (Å²) in [6.45, 7) is 5.01. The number of aromatic nitrogens is 2. The van der Waals surface area contributed by atoms with Gasteiger partial charge in [0.25, 0.3) is 11.8 Å². The van der Waals surface area contributed by atoms with Gasteiger partial charge in [0.15, 0.2) is 0 Å². The first-order valence-electron chi connectivity index (χ1n) is 10.9. The van der Waals surface area contributed by atoms with Crippen LogP contribution in [0.4, 0.5) is 5.69 Å². The Bertz CT molecular complexity index is 1660. The molecule has 7 heteroatoms. The van der Waals surface area contributed by atoms with Crippen LogP contribution in [-0.2, 0) is 14.1 Å². The summed E-state index contributed by atoms with van der Waals surface area (Å²) in [4.78, 5) is 40.9. The fourth-order valence-electron chi connectivity index (χ4n) is 4.52. The van der Waals surface area contributed by atoms with E-state index in [0.29, 0.717) is 44.2 Å². The maximum absolute atomic E-state index is 13.6. The third kappa shape index (κ3) is 3.07. The molecule has 34 heavy (non-hydrogen) atoms. The summed E-state index contributed by atoms with van der Waals surface area (Å²) in [5, 5.41) is 11.2. The fraction of sp³-hybridized carbons (Fsp3) is 0.222. The molecule has 0 fully saturated rings. The van der Waals surface area contributed by atoms with Crippen molar-refractivity contribution in [3.8, 4) is 11.8 Å². The zero-order chi connectivity index (χ0) is 24.5. The fourth-order valence-corrected chi connectivity index (χ4v) is 4.52. The van der Waals surface area contributed by atoms with Crippen LogP contribution in [-0.4, -0.2) is 31.7 Å². The van der Waals surface area contributed by atoms with Gasteiger partial charge in [-0.1, -0.05) is 24.0 Å². The standard InChI is InChI=1S/C27H23N3O4/c1-15-13-21-22(29(5)26(33)28(21)4)14-20(15)30-24(31)18-8-6-7-17-16(11-12-27(2,3)34)9-10-19(23(17)18)25(30)32/h6-10,13-14,34H,1-5H3. The van der Waals surface area contributed by atoms with Gasteiger partial charge in [0.1, 0.15) is 5.60 Å². The van der Waals surface area contributed by atoms with E-state index in [1.165, 1.54) is 14.0 Å². The number of benzene rings is 3. The number of aryl methyl sites for hydroxylation is 3. The number of imidazole rings is 1. The molecule has 1 aromatic heterocycles. The Labute approximate surface area is 195 Å². The predicted molar refractivity (Wildman–Crippen MR) is 131 cm³/mol. The molecule has 0 spiro atoms. The number of rotatable bonds is 1. The lowest BCUT2D eigenvalue weighted by Gasteiger charge is -2.28. The minimum absolute atomic E-state index is 0.183. The van der Waals surface area contributed by atoms with E-state index in [9.17, 15) is 19.5 Å². The highest BCUT2D eigenvalue weighted by Crippen LogP contribution is 2.36. The number of imide groups is 1. The van der Waals surface area contributed by atoms with Gasteiger partial charge in [0.2, 0.25) is 0 Å². The van der Waals surface area contributed by atoms with Crippen molar-refractivity contribution in [3.63, 3.8) is 0 Å². The van der Waals surface area contributed by atoms with Crippen LogP contribution in [0.2, 0.25) is 0 Å². The van der Waals surface area contributed by atoms with E-state index in [4.69, 9.17) is 0 Å². The molecule has 1 aliphatic rings. The maximum atomic E-state index is 13.6. The van der Waals surface area contributed by atoms with E-state index in [2.05, 4.69) is 11.8 Å². The van der Waals surface area contributed by atoms with E-state index in [1.54, 1.807) is 58.3 Å². The van der Waals surface area contributed by atoms with Gasteiger partial charge in [0.05, 0.1) is 16.7 Å². The number of anilines is 1. The minimum Gasteiger partial charge on any atom is -0.378 e. The van der Waals surface area contributed by atoms with Crippen molar-refractivity contribution in [2.45, 2.75) is 26.4 Å². The Morgan fingerprint density at radius 2 is 1.50 bits per heavy atom. The van der Waals surface area contributed by atoms with Gasteiger partial charge in [-0.15, -0.1) is 0 Å². The molecule has 0 radical (unpaired) electrons. The molecule has 4 aromatic rings. The summed E-state index contributed by atoms with van der Waals surface area (Å²) in [7, 11) is 3.35. The average molecular weight is 453 g/mol. The third-order valence-electron chi connectivity index (χ3n) is 6.24. The Hall–Kier alpha value is -4.15. The number of hydrogen-bond acceptors (Lipinski definition) is 4. The second-order valence-corrected chi connectivity index (χ2v) is 9.17. The molecule has 0 aliphatic carbocycles. The molecule has 0 saturated carbocycles. The molecule has 0 bridgehead atoms. The number of nitrogens with zero attached hydrogens (tertiary/aromatic N) is 3. The Balaban J connectivity index is 1.73. The molecular weight excluding hydrogens is 430 g/mol. The van der Waals surface area contributed by atoms with Gasteiger partial charge < -0.3 is 5.11 Å². The molecular formula is C27H23N3O4. The summed E-state index contributed by atoms with van der Waals surface area (Å²) in [6.07, 6.45) is 0. The SMILES string of the molecule is Cc1cc2c(cc1N1C(=O)c3cccc4c(C#CC(C)(C)O)ccc(c34)C1=O)n(C)c(=O)n2C. The van der Waals surface area contributed by atoms with E-state index < -0.39 is 17.4 Å².